The van der Waals surface area contributed by atoms with Gasteiger partial charge in [0.05, 0.1) is 11.6 Å². The quantitative estimate of drug-likeness (QED) is 0.305. The molecule has 0 radical (unpaired) electrons. The molecule has 13 heavy (non-hydrogen) atoms. The van der Waals surface area contributed by atoms with Crippen molar-refractivity contribution in [3.05, 3.63) is 10.6 Å². The van der Waals surface area contributed by atoms with E-state index in [0.717, 1.165) is 0 Å². The third-order valence-electron chi connectivity index (χ3n) is 1.17. The number of esters is 1. The zero-order valence-electron chi connectivity index (χ0n) is 7.63. The van der Waals surface area contributed by atoms with Crippen molar-refractivity contribution in [3.8, 4) is 6.07 Å². The second-order valence-electron chi connectivity index (χ2n) is 2.09. The first-order chi connectivity index (χ1) is 6.17. The van der Waals surface area contributed by atoms with Crippen LogP contribution in [-0.2, 0) is 9.53 Å². The fourth-order valence-electron chi connectivity index (χ4n) is 0.654. The minimum atomic E-state index is -0.643. The first kappa shape index (κ1) is 11.8. The lowest BCUT2D eigenvalue weighted by atomic mass is 10.3. The topological polar surface area (TPSA) is 62.1 Å². The Morgan fingerprint density at radius 3 is 2.62 bits per heavy atom. The Hall–Kier alpha value is -1.15. The van der Waals surface area contributed by atoms with E-state index in [1.165, 1.54) is 0 Å². The SMILES string of the molecule is CCN/C(S)=C(\C#N)C(=O)OCC. The van der Waals surface area contributed by atoms with Crippen molar-refractivity contribution in [1.82, 2.24) is 5.32 Å². The Bertz CT molecular complexity index is 255. The number of nitriles is 1. The van der Waals surface area contributed by atoms with Crippen LogP contribution >= 0.6 is 12.6 Å². The zero-order valence-corrected chi connectivity index (χ0v) is 8.52. The molecule has 0 aliphatic heterocycles. The number of hydrogen-bond acceptors (Lipinski definition) is 5. The van der Waals surface area contributed by atoms with Crippen LogP contribution in [0.3, 0.4) is 0 Å². The summed E-state index contributed by atoms with van der Waals surface area (Å²) in [7, 11) is 0. The van der Waals surface area contributed by atoms with Crippen LogP contribution in [0.25, 0.3) is 0 Å². The molecule has 4 nitrogen and oxygen atoms in total. The normalized spacial score (nSPS) is 11.2. The lowest BCUT2D eigenvalue weighted by molar-refractivity contribution is -0.138. The molecule has 0 unspecified atom stereocenters. The number of ether oxygens (including phenoxy) is 1. The van der Waals surface area contributed by atoms with E-state index in [1.54, 1.807) is 13.0 Å². The summed E-state index contributed by atoms with van der Waals surface area (Å²) in [6.45, 7) is 4.37. The van der Waals surface area contributed by atoms with Gasteiger partial charge in [0.2, 0.25) is 0 Å². The van der Waals surface area contributed by atoms with Crippen LogP contribution in [-0.4, -0.2) is 19.1 Å². The minimum absolute atomic E-state index is 0.0907. The van der Waals surface area contributed by atoms with E-state index in [9.17, 15) is 4.79 Å². The molecule has 0 saturated heterocycles. The maximum Gasteiger partial charge on any atom is 0.351 e. The molecule has 0 saturated carbocycles. The molecular weight excluding hydrogens is 188 g/mol. The van der Waals surface area contributed by atoms with Gasteiger partial charge in [0.1, 0.15) is 6.07 Å². The van der Waals surface area contributed by atoms with E-state index in [1.807, 2.05) is 6.92 Å². The maximum atomic E-state index is 11.1. The van der Waals surface area contributed by atoms with E-state index < -0.39 is 5.97 Å². The van der Waals surface area contributed by atoms with Gasteiger partial charge in [-0.15, -0.1) is 12.6 Å². The van der Waals surface area contributed by atoms with E-state index in [-0.39, 0.29) is 17.2 Å². The third-order valence-corrected chi connectivity index (χ3v) is 1.55. The monoisotopic (exact) mass is 200 g/mol. The summed E-state index contributed by atoms with van der Waals surface area (Å²) in [6, 6.07) is 1.74. The summed E-state index contributed by atoms with van der Waals surface area (Å²) in [5.41, 5.74) is -0.0907. The molecule has 0 aromatic heterocycles. The first-order valence-electron chi connectivity index (χ1n) is 3.91. The van der Waals surface area contributed by atoms with E-state index in [0.29, 0.717) is 6.54 Å². The van der Waals surface area contributed by atoms with Crippen molar-refractivity contribution >= 4 is 18.6 Å². The van der Waals surface area contributed by atoms with Crippen LogP contribution in [0, 0.1) is 11.3 Å². The number of rotatable bonds is 4. The molecule has 0 amide bonds. The molecule has 0 fully saturated rings. The van der Waals surface area contributed by atoms with Crippen molar-refractivity contribution in [1.29, 1.82) is 5.26 Å². The predicted molar refractivity (Wildman–Crippen MR) is 51.9 cm³/mol. The molecular formula is C8H12N2O2S. The van der Waals surface area contributed by atoms with Crippen LogP contribution in [0.4, 0.5) is 0 Å². The summed E-state index contributed by atoms with van der Waals surface area (Å²) >= 11 is 3.96. The van der Waals surface area contributed by atoms with Crippen LogP contribution < -0.4 is 5.32 Å². The molecule has 0 bridgehead atoms. The Balaban J connectivity index is 4.59. The Morgan fingerprint density at radius 1 is 1.62 bits per heavy atom. The molecule has 0 aromatic rings. The highest BCUT2D eigenvalue weighted by atomic mass is 32.1. The van der Waals surface area contributed by atoms with Gasteiger partial charge in [-0.1, -0.05) is 0 Å². The molecule has 72 valence electrons. The van der Waals surface area contributed by atoms with Gasteiger partial charge in [-0.3, -0.25) is 0 Å². The van der Waals surface area contributed by atoms with E-state index >= 15 is 0 Å². The molecule has 0 rings (SSSR count). The highest BCUT2D eigenvalue weighted by Crippen LogP contribution is 2.06. The maximum absolute atomic E-state index is 11.1. The second-order valence-corrected chi connectivity index (χ2v) is 2.53. The fraction of sp³-hybridized carbons (Fsp3) is 0.500. The minimum Gasteiger partial charge on any atom is -0.462 e. The van der Waals surface area contributed by atoms with Crippen molar-refractivity contribution in [2.45, 2.75) is 13.8 Å². The molecule has 0 aliphatic carbocycles. The summed E-state index contributed by atoms with van der Waals surface area (Å²) < 4.78 is 4.65. The van der Waals surface area contributed by atoms with E-state index in [4.69, 9.17) is 5.26 Å². The molecule has 0 spiro atoms. The van der Waals surface area contributed by atoms with Gasteiger partial charge in [0, 0.05) is 6.54 Å². The van der Waals surface area contributed by atoms with Gasteiger partial charge in [-0.2, -0.15) is 5.26 Å². The first-order valence-corrected chi connectivity index (χ1v) is 4.36. The standard InChI is InChI=1S/C8H12N2O2S/c1-3-10-7(13)6(5-9)8(11)12-4-2/h10,13H,3-4H2,1-2H3/b7-6-. The zero-order chi connectivity index (χ0) is 10.3. The molecule has 5 heteroatoms. The van der Waals surface area contributed by atoms with Crippen LogP contribution in [0.1, 0.15) is 13.8 Å². The lowest BCUT2D eigenvalue weighted by Gasteiger charge is -2.04. The van der Waals surface area contributed by atoms with Gasteiger partial charge >= 0.3 is 5.97 Å². The molecule has 0 aliphatic rings. The molecule has 1 N–H and O–H groups in total. The summed E-state index contributed by atoms with van der Waals surface area (Å²) in [5, 5.41) is 11.6. The number of carbonyl (C=O) groups excluding carboxylic acids is 1. The Labute approximate surface area is 83.0 Å². The summed E-state index contributed by atoms with van der Waals surface area (Å²) in [6.07, 6.45) is 0. The summed E-state index contributed by atoms with van der Waals surface area (Å²) in [4.78, 5) is 11.1. The second kappa shape index (κ2) is 6.38. The third kappa shape index (κ3) is 3.85. The predicted octanol–water partition coefficient (Wildman–Crippen LogP) is 0.824. The van der Waals surface area contributed by atoms with Crippen molar-refractivity contribution in [2.24, 2.45) is 0 Å². The summed E-state index contributed by atoms with van der Waals surface area (Å²) in [5.74, 6) is -0.643. The highest BCUT2D eigenvalue weighted by molar-refractivity contribution is 7.84. The molecule has 0 aromatic carbocycles. The van der Waals surface area contributed by atoms with Crippen molar-refractivity contribution in [2.75, 3.05) is 13.2 Å². The number of thiol groups is 1. The molecule has 0 atom stereocenters. The number of hydrogen-bond donors (Lipinski definition) is 2. The average molecular weight is 200 g/mol. The largest absolute Gasteiger partial charge is 0.462 e. The van der Waals surface area contributed by atoms with Gasteiger partial charge in [0.25, 0.3) is 0 Å². The Kier molecular flexibility index (Phi) is 5.81. The van der Waals surface area contributed by atoms with Crippen molar-refractivity contribution in [3.63, 3.8) is 0 Å². The number of nitrogens with zero attached hydrogens (tertiary/aromatic N) is 1. The van der Waals surface area contributed by atoms with Gasteiger partial charge in [-0.05, 0) is 13.8 Å². The van der Waals surface area contributed by atoms with Gasteiger partial charge in [-0.25, -0.2) is 4.79 Å². The van der Waals surface area contributed by atoms with Crippen molar-refractivity contribution < 1.29 is 9.53 Å². The van der Waals surface area contributed by atoms with Crippen LogP contribution in [0.5, 0.6) is 0 Å². The lowest BCUT2D eigenvalue weighted by Crippen LogP contribution is -2.15. The van der Waals surface area contributed by atoms with Gasteiger partial charge < -0.3 is 10.1 Å². The number of carbonyl (C=O) groups is 1. The molecule has 0 heterocycles. The number of nitrogens with one attached hydrogen (secondary N) is 1. The van der Waals surface area contributed by atoms with Gasteiger partial charge in [0.15, 0.2) is 5.57 Å². The average Bonchev–Trinajstić information content (AvgIpc) is 2.06. The van der Waals surface area contributed by atoms with Crippen LogP contribution in [0.2, 0.25) is 0 Å². The Morgan fingerprint density at radius 2 is 2.23 bits per heavy atom. The highest BCUT2D eigenvalue weighted by Gasteiger charge is 2.13. The van der Waals surface area contributed by atoms with E-state index in [2.05, 4.69) is 22.7 Å². The fourth-order valence-corrected chi connectivity index (χ4v) is 0.954. The smallest absolute Gasteiger partial charge is 0.351 e. The van der Waals surface area contributed by atoms with Crippen LogP contribution in [0.15, 0.2) is 10.6 Å².